The Hall–Kier alpha value is -3.04. The largest absolute Gasteiger partial charge is 0.351 e. The number of nitrogens with zero attached hydrogens (tertiary/aromatic N) is 5. The molecule has 164 valence electrons. The van der Waals surface area contributed by atoms with Crippen LogP contribution in [0.1, 0.15) is 43.0 Å². The Kier molecular flexibility index (Phi) is 6.73. The summed E-state index contributed by atoms with van der Waals surface area (Å²) in [4.78, 5) is 17.4. The molecular formula is C22H28N6O3. The van der Waals surface area contributed by atoms with Gasteiger partial charge in [-0.15, -0.1) is 5.10 Å². The van der Waals surface area contributed by atoms with Gasteiger partial charge in [0.15, 0.2) is 12.0 Å². The Labute approximate surface area is 181 Å². The van der Waals surface area contributed by atoms with E-state index < -0.39 is 6.29 Å². The van der Waals surface area contributed by atoms with Crippen molar-refractivity contribution in [2.24, 2.45) is 0 Å². The van der Waals surface area contributed by atoms with Crippen molar-refractivity contribution in [2.45, 2.75) is 52.5 Å². The van der Waals surface area contributed by atoms with Gasteiger partial charge in [0.1, 0.15) is 5.82 Å². The van der Waals surface area contributed by atoms with Gasteiger partial charge in [-0.3, -0.25) is 4.79 Å². The third-order valence-electron chi connectivity index (χ3n) is 5.14. The smallest absolute Gasteiger partial charge is 0.277 e. The van der Waals surface area contributed by atoms with Gasteiger partial charge < -0.3 is 19.4 Å². The van der Waals surface area contributed by atoms with Crippen LogP contribution in [0.2, 0.25) is 0 Å². The summed E-state index contributed by atoms with van der Waals surface area (Å²) in [6.45, 7) is 6.24. The summed E-state index contributed by atoms with van der Waals surface area (Å²) >= 11 is 0. The lowest BCUT2D eigenvalue weighted by atomic mass is 10.1. The molecule has 1 aromatic carbocycles. The van der Waals surface area contributed by atoms with E-state index in [1.807, 2.05) is 38.1 Å². The summed E-state index contributed by atoms with van der Waals surface area (Å²) in [6.07, 6.45) is 6.64. The van der Waals surface area contributed by atoms with E-state index >= 15 is 0 Å². The van der Waals surface area contributed by atoms with Crippen LogP contribution in [0.25, 0.3) is 11.3 Å². The highest BCUT2D eigenvalue weighted by Gasteiger charge is 2.16. The molecule has 0 unspecified atom stereocenters. The molecule has 0 saturated heterocycles. The van der Waals surface area contributed by atoms with Crippen LogP contribution in [0.4, 0.5) is 5.69 Å². The summed E-state index contributed by atoms with van der Waals surface area (Å²) in [5.41, 5.74) is 2.82. The number of anilines is 1. The third-order valence-corrected chi connectivity index (χ3v) is 5.14. The van der Waals surface area contributed by atoms with Crippen molar-refractivity contribution in [3.63, 3.8) is 0 Å². The molecule has 4 rings (SSSR count). The lowest BCUT2D eigenvalue weighted by Gasteiger charge is -2.16. The Morgan fingerprint density at radius 3 is 2.81 bits per heavy atom. The fourth-order valence-electron chi connectivity index (χ4n) is 3.67. The minimum absolute atomic E-state index is 0.231. The maximum absolute atomic E-state index is 12.7. The summed E-state index contributed by atoms with van der Waals surface area (Å²) in [7, 11) is 0. The van der Waals surface area contributed by atoms with E-state index in [-0.39, 0.29) is 11.6 Å². The van der Waals surface area contributed by atoms with Crippen LogP contribution >= 0.6 is 0 Å². The number of carbonyl (C=O) groups is 1. The standard InChI is InChI=1S/C22H28N6O3/c1-3-30-21(31-4-2)15-28-14-19(25-26-28)22(29)23-17-9-7-8-16(12-17)18-13-27-11-6-5-10-20(27)24-18/h7-9,12-14,21H,3-6,10-11,15H2,1-2H3,(H,23,29). The number of aromatic nitrogens is 5. The molecule has 1 amide bonds. The topological polar surface area (TPSA) is 96.1 Å². The first-order valence-corrected chi connectivity index (χ1v) is 10.8. The van der Waals surface area contributed by atoms with E-state index in [1.54, 1.807) is 10.9 Å². The van der Waals surface area contributed by atoms with E-state index in [0.29, 0.717) is 25.4 Å². The number of hydrogen-bond acceptors (Lipinski definition) is 6. The van der Waals surface area contributed by atoms with Gasteiger partial charge in [0.25, 0.3) is 5.91 Å². The Balaban J connectivity index is 1.43. The van der Waals surface area contributed by atoms with Crippen LogP contribution in [0, 0.1) is 0 Å². The number of ether oxygens (including phenoxy) is 2. The van der Waals surface area contributed by atoms with Gasteiger partial charge in [0, 0.05) is 43.6 Å². The molecule has 0 saturated carbocycles. The molecule has 0 aliphatic carbocycles. The van der Waals surface area contributed by atoms with Gasteiger partial charge in [0.2, 0.25) is 0 Å². The molecule has 0 fully saturated rings. The minimum Gasteiger partial charge on any atom is -0.351 e. The second-order valence-electron chi connectivity index (χ2n) is 7.39. The molecule has 0 radical (unpaired) electrons. The molecule has 31 heavy (non-hydrogen) atoms. The molecule has 0 bridgehead atoms. The zero-order valence-corrected chi connectivity index (χ0v) is 18.0. The molecular weight excluding hydrogens is 396 g/mol. The number of rotatable bonds is 9. The normalized spacial score (nSPS) is 13.4. The Morgan fingerprint density at radius 1 is 1.19 bits per heavy atom. The lowest BCUT2D eigenvalue weighted by Crippen LogP contribution is -2.24. The highest BCUT2D eigenvalue weighted by molar-refractivity contribution is 6.02. The summed E-state index contributed by atoms with van der Waals surface area (Å²) in [5.74, 6) is 0.807. The predicted molar refractivity (Wildman–Crippen MR) is 116 cm³/mol. The first kappa shape index (κ1) is 21.2. The number of carbonyl (C=O) groups excluding carboxylic acids is 1. The van der Waals surface area contributed by atoms with Gasteiger partial charge in [-0.2, -0.15) is 0 Å². The zero-order valence-electron chi connectivity index (χ0n) is 18.0. The van der Waals surface area contributed by atoms with Crippen molar-refractivity contribution in [1.29, 1.82) is 0 Å². The number of fused-ring (bicyclic) bond motifs is 1. The summed E-state index contributed by atoms with van der Waals surface area (Å²) in [6, 6.07) is 7.69. The van der Waals surface area contributed by atoms with Gasteiger partial charge >= 0.3 is 0 Å². The molecule has 0 spiro atoms. The van der Waals surface area contributed by atoms with Crippen molar-refractivity contribution in [2.75, 3.05) is 18.5 Å². The van der Waals surface area contributed by atoms with E-state index in [0.717, 1.165) is 30.0 Å². The minimum atomic E-state index is -0.426. The van der Waals surface area contributed by atoms with Gasteiger partial charge in [-0.05, 0) is 38.8 Å². The number of hydrogen-bond donors (Lipinski definition) is 1. The lowest BCUT2D eigenvalue weighted by molar-refractivity contribution is -0.145. The van der Waals surface area contributed by atoms with E-state index in [9.17, 15) is 4.79 Å². The zero-order chi connectivity index (χ0) is 21.6. The quantitative estimate of drug-likeness (QED) is 0.530. The SMILES string of the molecule is CCOC(Cn1cc(C(=O)Nc2cccc(-c3cn4c(n3)CCCC4)c2)nn1)OCC. The number of nitrogens with one attached hydrogen (secondary N) is 1. The van der Waals surface area contributed by atoms with Crippen molar-refractivity contribution in [3.8, 4) is 11.3 Å². The summed E-state index contributed by atoms with van der Waals surface area (Å²) < 4.78 is 14.8. The van der Waals surface area contributed by atoms with Crippen molar-refractivity contribution in [1.82, 2.24) is 24.5 Å². The van der Waals surface area contributed by atoms with Crippen LogP contribution < -0.4 is 5.32 Å². The van der Waals surface area contributed by atoms with E-state index in [2.05, 4.69) is 26.4 Å². The Morgan fingerprint density at radius 2 is 2.03 bits per heavy atom. The molecule has 0 atom stereocenters. The highest BCUT2D eigenvalue weighted by Crippen LogP contribution is 2.25. The van der Waals surface area contributed by atoms with Crippen molar-refractivity contribution < 1.29 is 14.3 Å². The second-order valence-corrected chi connectivity index (χ2v) is 7.39. The molecule has 2 aromatic heterocycles. The summed E-state index contributed by atoms with van der Waals surface area (Å²) in [5, 5.41) is 10.9. The maximum Gasteiger partial charge on any atom is 0.277 e. The molecule has 1 aliphatic heterocycles. The van der Waals surface area contributed by atoms with Gasteiger partial charge in [-0.25, -0.2) is 9.67 Å². The molecule has 1 aliphatic rings. The Bertz CT molecular complexity index is 998. The highest BCUT2D eigenvalue weighted by atomic mass is 16.7. The fraction of sp³-hybridized carbons (Fsp3) is 0.455. The molecule has 3 heterocycles. The van der Waals surface area contributed by atoms with E-state index in [4.69, 9.17) is 14.5 Å². The van der Waals surface area contributed by atoms with Crippen LogP contribution in [-0.2, 0) is 29.0 Å². The first-order chi connectivity index (χ1) is 15.2. The monoisotopic (exact) mass is 424 g/mol. The second kappa shape index (κ2) is 9.84. The molecule has 1 N–H and O–H groups in total. The van der Waals surface area contributed by atoms with Crippen molar-refractivity contribution in [3.05, 3.63) is 48.2 Å². The van der Waals surface area contributed by atoms with Crippen LogP contribution in [-0.4, -0.2) is 50.0 Å². The van der Waals surface area contributed by atoms with E-state index in [1.165, 1.54) is 12.8 Å². The fourth-order valence-corrected chi connectivity index (χ4v) is 3.67. The van der Waals surface area contributed by atoms with Crippen LogP contribution in [0.15, 0.2) is 36.7 Å². The number of imidazole rings is 1. The van der Waals surface area contributed by atoms with Gasteiger partial charge in [-0.1, -0.05) is 17.3 Å². The maximum atomic E-state index is 12.7. The average Bonchev–Trinajstić information content (AvgIpc) is 3.41. The van der Waals surface area contributed by atoms with Crippen LogP contribution in [0.5, 0.6) is 0 Å². The van der Waals surface area contributed by atoms with Gasteiger partial charge in [0.05, 0.1) is 18.4 Å². The third kappa shape index (κ3) is 5.18. The predicted octanol–water partition coefficient (Wildman–Crippen LogP) is 3.13. The molecule has 9 heteroatoms. The van der Waals surface area contributed by atoms with Crippen LogP contribution in [0.3, 0.4) is 0 Å². The average molecular weight is 425 g/mol. The first-order valence-electron chi connectivity index (χ1n) is 10.8. The molecule has 9 nitrogen and oxygen atoms in total. The van der Waals surface area contributed by atoms with Crippen molar-refractivity contribution >= 4 is 11.6 Å². The number of benzene rings is 1. The number of aryl methyl sites for hydroxylation is 2. The molecule has 3 aromatic rings. The number of amides is 1.